The van der Waals surface area contributed by atoms with Crippen molar-refractivity contribution >= 4 is 52.7 Å². The Morgan fingerprint density at radius 3 is 2.05 bits per heavy atom. The van der Waals surface area contributed by atoms with Crippen LogP contribution in [0, 0.1) is 35.5 Å². The number of hydrogen-bond acceptors (Lipinski definition) is 6. The van der Waals surface area contributed by atoms with Gasteiger partial charge in [0, 0.05) is 10.6 Å². The van der Waals surface area contributed by atoms with Crippen molar-refractivity contribution in [1.29, 1.82) is 0 Å². The molecule has 2 bridgehead atoms. The van der Waals surface area contributed by atoms with Gasteiger partial charge in [-0.25, -0.2) is 9.80 Å². The maximum atomic E-state index is 13.9. The first-order valence-electron chi connectivity index (χ1n) is 14.0. The molecule has 1 saturated heterocycles. The third kappa shape index (κ3) is 4.65. The highest BCUT2D eigenvalue weighted by atomic mass is 35.5. The van der Waals surface area contributed by atoms with E-state index in [2.05, 4.69) is 0 Å². The van der Waals surface area contributed by atoms with E-state index in [1.807, 2.05) is 12.2 Å². The van der Waals surface area contributed by atoms with Crippen LogP contribution in [0.1, 0.15) is 37.5 Å². The largest absolute Gasteiger partial charge is 0.423 e. The molecule has 0 unspecified atom stereocenters. The number of imide groups is 1. The predicted molar refractivity (Wildman–Crippen MR) is 156 cm³/mol. The molecule has 1 aliphatic heterocycles. The Bertz CT molecular complexity index is 1690. The van der Waals surface area contributed by atoms with E-state index in [-0.39, 0.29) is 33.7 Å². The number of ketones is 1. The van der Waals surface area contributed by atoms with E-state index in [9.17, 15) is 24.0 Å². The molecule has 2 saturated carbocycles. The summed E-state index contributed by atoms with van der Waals surface area (Å²) in [5.74, 6) is -3.06. The number of rotatable bonds is 7. The normalized spacial score (nSPS) is 26.1. The quantitative estimate of drug-likeness (QED) is 0.114. The summed E-state index contributed by atoms with van der Waals surface area (Å²) in [6.45, 7) is -0.590. The number of allylic oxidation sites excluding steroid dienone is 2. The van der Waals surface area contributed by atoms with Gasteiger partial charge in [-0.15, -0.1) is 0 Å². The van der Waals surface area contributed by atoms with Crippen LogP contribution in [-0.4, -0.2) is 46.0 Å². The molecule has 5 aliphatic rings. The van der Waals surface area contributed by atoms with E-state index in [0.29, 0.717) is 22.4 Å². The monoisotopic (exact) mass is 614 g/mol. The number of hydrogen-bond donors (Lipinski definition) is 0. The third-order valence-corrected chi connectivity index (χ3v) is 9.51. The van der Waals surface area contributed by atoms with E-state index in [1.165, 1.54) is 42.5 Å². The molecule has 4 aliphatic carbocycles. The zero-order chi connectivity index (χ0) is 30.0. The summed E-state index contributed by atoms with van der Waals surface area (Å²) in [7, 11) is 0. The minimum absolute atomic E-state index is 0.00135. The zero-order valence-electron chi connectivity index (χ0n) is 22.6. The number of hydrazine groups is 1. The highest BCUT2D eigenvalue weighted by molar-refractivity contribution is 6.36. The number of benzene rings is 3. The van der Waals surface area contributed by atoms with Crippen LogP contribution in [0.2, 0.25) is 10.0 Å². The molecule has 3 fully saturated rings. The Morgan fingerprint density at radius 1 is 0.814 bits per heavy atom. The van der Waals surface area contributed by atoms with Crippen LogP contribution in [0.4, 0.5) is 0 Å². The Morgan fingerprint density at radius 2 is 1.44 bits per heavy atom. The molecule has 0 spiro atoms. The lowest BCUT2D eigenvalue weighted by Gasteiger charge is -2.37. The van der Waals surface area contributed by atoms with Gasteiger partial charge in [0.2, 0.25) is 0 Å². The number of esters is 1. The molecule has 3 aromatic rings. The molecule has 10 heteroatoms. The number of nitrogens with zero attached hydrogens (tertiary/aromatic N) is 2. The molecular formula is C33H24Cl2N2O6. The predicted octanol–water partition coefficient (Wildman–Crippen LogP) is 5.51. The minimum atomic E-state index is -0.769. The standard InChI is InChI=1S/C33H24Cl2N2O6/c34-19-8-11-23(26(35)14-19)30(39)36(37-31(40)28-21-12-13-22(25-15-24(21)25)29(28)32(37)41)16-27(38)17-6-9-20(10-7-17)43-33(42)18-4-2-1-3-5-18/h1-14,21-22,24-25,28-29H,15-16H2/t21-,22-,24-,25-,28+,29+/m0/s1. The number of amides is 3. The molecule has 6 atom stereocenters. The topological polar surface area (TPSA) is 101 Å². The van der Waals surface area contributed by atoms with E-state index in [4.69, 9.17) is 27.9 Å². The minimum Gasteiger partial charge on any atom is -0.423 e. The summed E-state index contributed by atoms with van der Waals surface area (Å²) < 4.78 is 5.39. The summed E-state index contributed by atoms with van der Waals surface area (Å²) in [5.41, 5.74) is 0.569. The molecule has 43 heavy (non-hydrogen) atoms. The molecule has 8 nitrogen and oxygen atoms in total. The third-order valence-electron chi connectivity index (χ3n) is 8.97. The van der Waals surface area contributed by atoms with Crippen molar-refractivity contribution in [1.82, 2.24) is 10.0 Å². The summed E-state index contributed by atoms with van der Waals surface area (Å²) in [6.07, 6.45) is 5.07. The highest BCUT2D eigenvalue weighted by Gasteiger charge is 2.68. The molecule has 0 aromatic heterocycles. The fourth-order valence-corrected chi connectivity index (χ4v) is 7.38. The van der Waals surface area contributed by atoms with Crippen LogP contribution in [0.5, 0.6) is 5.75 Å². The maximum Gasteiger partial charge on any atom is 0.343 e. The van der Waals surface area contributed by atoms with Crippen molar-refractivity contribution < 1.29 is 28.7 Å². The second-order valence-electron chi connectivity index (χ2n) is 11.3. The smallest absolute Gasteiger partial charge is 0.343 e. The highest BCUT2D eigenvalue weighted by Crippen LogP contribution is 2.65. The molecule has 1 heterocycles. The van der Waals surface area contributed by atoms with E-state index >= 15 is 0 Å². The molecule has 0 radical (unpaired) electrons. The number of carbonyl (C=O) groups excluding carboxylic acids is 5. The lowest BCUT2D eigenvalue weighted by atomic mass is 9.63. The van der Waals surface area contributed by atoms with Gasteiger partial charge in [-0.2, -0.15) is 5.01 Å². The van der Waals surface area contributed by atoms with Crippen LogP contribution in [-0.2, 0) is 9.59 Å². The average molecular weight is 615 g/mol. The van der Waals surface area contributed by atoms with Gasteiger partial charge in [-0.3, -0.25) is 19.2 Å². The van der Waals surface area contributed by atoms with Crippen molar-refractivity contribution in [3.8, 4) is 5.75 Å². The summed E-state index contributed by atoms with van der Waals surface area (Å²) in [4.78, 5) is 67.6. The molecular weight excluding hydrogens is 591 g/mol. The number of Topliss-reactive ketones (excluding diaryl/α,β-unsaturated/α-hetero) is 1. The molecule has 216 valence electrons. The number of halogens is 2. The van der Waals surface area contributed by atoms with E-state index < -0.39 is 47.9 Å². The van der Waals surface area contributed by atoms with Crippen molar-refractivity contribution in [2.75, 3.05) is 6.54 Å². The Hall–Kier alpha value is -4.27. The van der Waals surface area contributed by atoms with Crippen LogP contribution < -0.4 is 4.74 Å². The van der Waals surface area contributed by atoms with Crippen molar-refractivity contribution in [2.45, 2.75) is 6.42 Å². The van der Waals surface area contributed by atoms with Gasteiger partial charge in [-0.1, -0.05) is 53.6 Å². The summed E-state index contributed by atoms with van der Waals surface area (Å²) in [5, 5.41) is 2.11. The maximum absolute atomic E-state index is 13.9. The van der Waals surface area contributed by atoms with Gasteiger partial charge in [-0.05, 0) is 84.7 Å². The van der Waals surface area contributed by atoms with E-state index in [1.54, 1.807) is 30.3 Å². The van der Waals surface area contributed by atoms with Crippen LogP contribution >= 0.6 is 23.2 Å². The van der Waals surface area contributed by atoms with Crippen LogP contribution in [0.25, 0.3) is 0 Å². The molecule has 0 N–H and O–H groups in total. The van der Waals surface area contributed by atoms with Crippen molar-refractivity contribution in [3.63, 3.8) is 0 Å². The van der Waals surface area contributed by atoms with Crippen molar-refractivity contribution in [2.24, 2.45) is 35.5 Å². The van der Waals surface area contributed by atoms with E-state index in [0.717, 1.165) is 16.4 Å². The van der Waals surface area contributed by atoms with Crippen LogP contribution in [0.15, 0.2) is 84.9 Å². The van der Waals surface area contributed by atoms with Gasteiger partial charge < -0.3 is 4.74 Å². The Labute approximate surface area is 256 Å². The van der Waals surface area contributed by atoms with Crippen LogP contribution in [0.3, 0.4) is 0 Å². The first kappa shape index (κ1) is 27.6. The van der Waals surface area contributed by atoms with Gasteiger partial charge in [0.1, 0.15) is 12.3 Å². The first-order chi connectivity index (χ1) is 20.7. The summed E-state index contributed by atoms with van der Waals surface area (Å²) >= 11 is 12.4. The van der Waals surface area contributed by atoms with Gasteiger partial charge >= 0.3 is 5.97 Å². The molecule has 8 rings (SSSR count). The fourth-order valence-electron chi connectivity index (χ4n) is 6.89. The SMILES string of the molecule is O=C(CN(C(=O)c1ccc(Cl)cc1Cl)N1C(=O)[C@@H]2[C@H]3C=C[C@@H]([C@@H]4C[C@@H]34)[C@H]2C1=O)c1ccc(OC(=O)c2ccccc2)cc1. The zero-order valence-corrected chi connectivity index (χ0v) is 24.1. The lowest BCUT2D eigenvalue weighted by Crippen LogP contribution is -2.52. The van der Waals surface area contributed by atoms with Gasteiger partial charge in [0.05, 0.1) is 28.0 Å². The lowest BCUT2D eigenvalue weighted by molar-refractivity contribution is -0.154. The molecule has 3 aromatic carbocycles. The summed E-state index contributed by atoms with van der Waals surface area (Å²) in [6, 6.07) is 18.6. The number of ether oxygens (including phenoxy) is 1. The second-order valence-corrected chi connectivity index (χ2v) is 12.2. The number of carbonyl (C=O) groups is 5. The van der Waals surface area contributed by atoms with Gasteiger partial charge in [0.25, 0.3) is 17.7 Å². The van der Waals surface area contributed by atoms with Crippen molar-refractivity contribution in [3.05, 3.63) is 112 Å². The fraction of sp³-hybridized carbons (Fsp3) is 0.242. The Balaban J connectivity index is 1.16. The first-order valence-corrected chi connectivity index (χ1v) is 14.7. The average Bonchev–Trinajstić information content (AvgIpc) is 3.79. The second kappa shape index (κ2) is 10.5. The van der Waals surface area contributed by atoms with Gasteiger partial charge in [0.15, 0.2) is 5.78 Å². The molecule has 3 amide bonds. The Kier molecular flexibility index (Phi) is 6.71.